The van der Waals surface area contributed by atoms with Crippen LogP contribution in [0.3, 0.4) is 0 Å². The van der Waals surface area contributed by atoms with Gasteiger partial charge in [0.25, 0.3) is 0 Å². The van der Waals surface area contributed by atoms with Crippen LogP contribution in [-0.4, -0.2) is 11.6 Å². The van der Waals surface area contributed by atoms with Gasteiger partial charge in [-0.25, -0.2) is 4.98 Å². The van der Waals surface area contributed by atoms with Crippen molar-refractivity contribution < 1.29 is 4.74 Å². The van der Waals surface area contributed by atoms with Crippen molar-refractivity contribution in [1.29, 1.82) is 0 Å². The van der Waals surface area contributed by atoms with E-state index in [0.29, 0.717) is 6.54 Å². The number of nitrogens with two attached hydrogens (primary N) is 1. The smallest absolute Gasteiger partial charge is 0.213 e. The number of hydrogen-bond acceptors (Lipinski definition) is 3. The molecule has 0 aromatic carbocycles. The second-order valence-electron chi connectivity index (χ2n) is 3.91. The molecule has 0 bridgehead atoms. The first-order valence-corrected chi connectivity index (χ1v) is 5.08. The summed E-state index contributed by atoms with van der Waals surface area (Å²) in [7, 11) is 0. The maximum absolute atomic E-state index is 5.59. The van der Waals surface area contributed by atoms with Gasteiger partial charge in [-0.2, -0.15) is 0 Å². The Balaban J connectivity index is 2.03. The number of aryl methyl sites for hydroxylation is 1. The number of hydrogen-bond donors (Lipinski definition) is 1. The van der Waals surface area contributed by atoms with Gasteiger partial charge >= 0.3 is 0 Å². The summed E-state index contributed by atoms with van der Waals surface area (Å²) in [6, 6.07) is 3.92. The molecule has 0 amide bonds. The van der Waals surface area contributed by atoms with Gasteiger partial charge in [0, 0.05) is 18.3 Å². The van der Waals surface area contributed by atoms with Crippen molar-refractivity contribution in [3.05, 3.63) is 23.4 Å². The van der Waals surface area contributed by atoms with Crippen molar-refractivity contribution in [2.24, 2.45) is 11.7 Å². The van der Waals surface area contributed by atoms with Crippen molar-refractivity contribution in [3.63, 3.8) is 0 Å². The average Bonchev–Trinajstić information content (AvgIpc) is 2.97. The van der Waals surface area contributed by atoms with Gasteiger partial charge in [-0.05, 0) is 37.3 Å². The Kier molecular flexibility index (Phi) is 2.68. The summed E-state index contributed by atoms with van der Waals surface area (Å²) >= 11 is 0. The van der Waals surface area contributed by atoms with Crippen LogP contribution in [0.25, 0.3) is 0 Å². The summed E-state index contributed by atoms with van der Waals surface area (Å²) in [5, 5.41) is 0. The fraction of sp³-hybridized carbons (Fsp3) is 0.545. The van der Waals surface area contributed by atoms with Gasteiger partial charge in [-0.1, -0.05) is 0 Å². The number of rotatable bonds is 4. The summed E-state index contributed by atoms with van der Waals surface area (Å²) in [5.41, 5.74) is 7.63. The molecule has 1 aromatic rings. The third-order valence-electron chi connectivity index (χ3n) is 2.39. The van der Waals surface area contributed by atoms with Crippen LogP contribution in [-0.2, 0) is 6.54 Å². The van der Waals surface area contributed by atoms with E-state index in [1.165, 1.54) is 12.8 Å². The predicted octanol–water partition coefficient (Wildman–Crippen LogP) is 1.64. The first kappa shape index (κ1) is 9.46. The molecule has 1 saturated carbocycles. The van der Waals surface area contributed by atoms with E-state index in [2.05, 4.69) is 4.98 Å². The maximum atomic E-state index is 5.59. The minimum atomic E-state index is 0.545. The van der Waals surface area contributed by atoms with E-state index in [0.717, 1.165) is 29.7 Å². The van der Waals surface area contributed by atoms with Gasteiger partial charge in [0.2, 0.25) is 5.88 Å². The van der Waals surface area contributed by atoms with Crippen LogP contribution in [0.2, 0.25) is 0 Å². The van der Waals surface area contributed by atoms with E-state index in [1.807, 2.05) is 19.1 Å². The Morgan fingerprint density at radius 3 is 2.93 bits per heavy atom. The van der Waals surface area contributed by atoms with Crippen molar-refractivity contribution in [1.82, 2.24) is 4.98 Å². The predicted molar refractivity (Wildman–Crippen MR) is 55.1 cm³/mol. The van der Waals surface area contributed by atoms with Gasteiger partial charge in [0.15, 0.2) is 0 Å². The molecular weight excluding hydrogens is 176 g/mol. The Bertz CT molecular complexity index is 321. The van der Waals surface area contributed by atoms with E-state index in [4.69, 9.17) is 10.5 Å². The number of aromatic nitrogens is 1. The molecule has 0 saturated heterocycles. The van der Waals surface area contributed by atoms with Gasteiger partial charge in [-0.15, -0.1) is 0 Å². The highest BCUT2D eigenvalue weighted by Crippen LogP contribution is 2.29. The fourth-order valence-electron chi connectivity index (χ4n) is 1.39. The lowest BCUT2D eigenvalue weighted by Crippen LogP contribution is -2.04. The highest BCUT2D eigenvalue weighted by molar-refractivity contribution is 5.24. The third kappa shape index (κ3) is 2.45. The molecule has 0 atom stereocenters. The fourth-order valence-corrected chi connectivity index (χ4v) is 1.39. The van der Waals surface area contributed by atoms with Crippen LogP contribution in [0, 0.1) is 12.8 Å². The molecule has 76 valence electrons. The van der Waals surface area contributed by atoms with Crippen molar-refractivity contribution in [2.75, 3.05) is 6.61 Å². The molecule has 0 unspecified atom stereocenters. The zero-order chi connectivity index (χ0) is 9.97. The molecule has 3 heteroatoms. The quantitative estimate of drug-likeness (QED) is 0.788. The van der Waals surface area contributed by atoms with Crippen molar-refractivity contribution in [3.8, 4) is 5.88 Å². The monoisotopic (exact) mass is 192 g/mol. The largest absolute Gasteiger partial charge is 0.477 e. The Morgan fingerprint density at radius 1 is 1.50 bits per heavy atom. The number of pyridine rings is 1. The van der Waals surface area contributed by atoms with E-state index in [1.54, 1.807) is 0 Å². The molecule has 2 rings (SSSR count). The summed E-state index contributed by atoms with van der Waals surface area (Å²) in [6.45, 7) is 3.31. The zero-order valence-corrected chi connectivity index (χ0v) is 8.49. The van der Waals surface area contributed by atoms with Gasteiger partial charge in [0.1, 0.15) is 0 Å². The summed E-state index contributed by atoms with van der Waals surface area (Å²) < 4.78 is 5.59. The molecule has 1 aliphatic rings. The first-order chi connectivity index (χ1) is 6.78. The minimum Gasteiger partial charge on any atom is -0.477 e. The van der Waals surface area contributed by atoms with Crippen LogP contribution < -0.4 is 10.5 Å². The average molecular weight is 192 g/mol. The zero-order valence-electron chi connectivity index (χ0n) is 8.49. The second-order valence-corrected chi connectivity index (χ2v) is 3.91. The lowest BCUT2D eigenvalue weighted by Gasteiger charge is -2.06. The normalized spacial score (nSPS) is 15.6. The van der Waals surface area contributed by atoms with Gasteiger partial charge in [-0.3, -0.25) is 0 Å². The molecule has 1 aliphatic carbocycles. The maximum Gasteiger partial charge on any atom is 0.213 e. The van der Waals surface area contributed by atoms with E-state index in [9.17, 15) is 0 Å². The molecule has 0 spiro atoms. The van der Waals surface area contributed by atoms with Gasteiger partial charge in [0.05, 0.1) is 6.61 Å². The number of ether oxygens (including phenoxy) is 1. The Hall–Kier alpha value is -1.09. The first-order valence-electron chi connectivity index (χ1n) is 5.08. The molecule has 0 radical (unpaired) electrons. The van der Waals surface area contributed by atoms with E-state index in [-0.39, 0.29) is 0 Å². The van der Waals surface area contributed by atoms with Crippen LogP contribution >= 0.6 is 0 Å². The van der Waals surface area contributed by atoms with Crippen molar-refractivity contribution >= 4 is 0 Å². The highest BCUT2D eigenvalue weighted by atomic mass is 16.5. The molecular formula is C11H16N2O. The molecule has 2 N–H and O–H groups in total. The van der Waals surface area contributed by atoms with Crippen LogP contribution in [0.15, 0.2) is 12.1 Å². The highest BCUT2D eigenvalue weighted by Gasteiger charge is 2.22. The van der Waals surface area contributed by atoms with Crippen LogP contribution in [0.1, 0.15) is 24.1 Å². The van der Waals surface area contributed by atoms with Gasteiger partial charge < -0.3 is 10.5 Å². The lowest BCUT2D eigenvalue weighted by atomic mass is 10.2. The summed E-state index contributed by atoms with van der Waals surface area (Å²) in [6.07, 6.45) is 2.60. The minimum absolute atomic E-state index is 0.545. The molecule has 14 heavy (non-hydrogen) atoms. The van der Waals surface area contributed by atoms with E-state index >= 15 is 0 Å². The van der Waals surface area contributed by atoms with Crippen LogP contribution in [0.5, 0.6) is 5.88 Å². The molecule has 1 fully saturated rings. The molecule has 3 nitrogen and oxygen atoms in total. The summed E-state index contributed by atoms with van der Waals surface area (Å²) in [5.74, 6) is 1.48. The number of nitrogens with zero attached hydrogens (tertiary/aromatic N) is 1. The third-order valence-corrected chi connectivity index (χ3v) is 2.39. The molecule has 0 aliphatic heterocycles. The lowest BCUT2D eigenvalue weighted by molar-refractivity contribution is 0.287. The Labute approximate surface area is 84.3 Å². The second kappa shape index (κ2) is 3.96. The molecule has 1 aromatic heterocycles. The standard InChI is InChI=1S/C11H16N2O/c1-8-4-10(6-12)5-11(13-8)14-7-9-2-3-9/h4-5,9H,2-3,6-7,12H2,1H3. The Morgan fingerprint density at radius 2 is 2.29 bits per heavy atom. The van der Waals surface area contributed by atoms with E-state index < -0.39 is 0 Å². The van der Waals surface area contributed by atoms with Crippen molar-refractivity contribution in [2.45, 2.75) is 26.3 Å². The molecule has 1 heterocycles. The SMILES string of the molecule is Cc1cc(CN)cc(OCC2CC2)n1. The summed E-state index contributed by atoms with van der Waals surface area (Å²) in [4.78, 5) is 4.30. The topological polar surface area (TPSA) is 48.1 Å². The van der Waals surface area contributed by atoms with Crippen LogP contribution in [0.4, 0.5) is 0 Å².